The highest BCUT2D eigenvalue weighted by Crippen LogP contribution is 2.38. The fourth-order valence-electron chi connectivity index (χ4n) is 2.59. The summed E-state index contributed by atoms with van der Waals surface area (Å²) in [5, 5.41) is 0. The minimum Gasteiger partial charge on any atom is -0.405 e. The maximum atomic E-state index is 12.9. The summed E-state index contributed by atoms with van der Waals surface area (Å²) in [6.45, 7) is 12.2. The van der Waals surface area contributed by atoms with Crippen LogP contribution in [-0.2, 0) is 10.8 Å². The first-order valence-corrected chi connectivity index (χ1v) is 8.28. The van der Waals surface area contributed by atoms with E-state index in [1.807, 2.05) is 51.1 Å². The van der Waals surface area contributed by atoms with E-state index < -0.39 is 6.36 Å². The second-order valence-electron chi connectivity index (χ2n) is 8.34. The van der Waals surface area contributed by atoms with Crippen LogP contribution in [0.1, 0.15) is 52.7 Å². The summed E-state index contributed by atoms with van der Waals surface area (Å²) in [5.74, 6) is -0.163. The summed E-state index contributed by atoms with van der Waals surface area (Å²) >= 11 is 0. The molecule has 136 valence electrons. The zero-order valence-electron chi connectivity index (χ0n) is 15.6. The number of alkyl halides is 3. The van der Waals surface area contributed by atoms with E-state index in [4.69, 9.17) is 0 Å². The van der Waals surface area contributed by atoms with Crippen molar-refractivity contribution >= 4 is 0 Å². The minimum absolute atomic E-state index is 0.0140. The van der Waals surface area contributed by atoms with Crippen molar-refractivity contribution in [3.63, 3.8) is 0 Å². The molecule has 0 aromatic heterocycles. The highest BCUT2D eigenvalue weighted by Gasteiger charge is 2.33. The Morgan fingerprint density at radius 1 is 0.680 bits per heavy atom. The Morgan fingerprint density at radius 2 is 1.16 bits per heavy atom. The molecule has 2 aromatic rings. The molecule has 0 aliphatic heterocycles. The summed E-state index contributed by atoms with van der Waals surface area (Å²) in [5.41, 5.74) is 2.78. The van der Waals surface area contributed by atoms with E-state index >= 15 is 0 Å². The van der Waals surface area contributed by atoms with E-state index in [2.05, 4.69) is 25.5 Å². The molecule has 0 amide bonds. The van der Waals surface area contributed by atoms with Gasteiger partial charge in [-0.25, -0.2) is 0 Å². The first kappa shape index (κ1) is 19.4. The fraction of sp³-hybridized carbons (Fsp3) is 0.429. The number of hydrogen-bond acceptors (Lipinski definition) is 1. The van der Waals surface area contributed by atoms with Gasteiger partial charge in [-0.1, -0.05) is 77.9 Å². The number of halogens is 3. The van der Waals surface area contributed by atoms with Crippen LogP contribution in [0.25, 0.3) is 11.1 Å². The van der Waals surface area contributed by atoms with Gasteiger partial charge in [-0.15, -0.1) is 13.2 Å². The second-order valence-corrected chi connectivity index (χ2v) is 8.34. The molecule has 25 heavy (non-hydrogen) atoms. The molecule has 0 spiro atoms. The van der Waals surface area contributed by atoms with Crippen LogP contribution in [0, 0.1) is 0 Å². The topological polar surface area (TPSA) is 9.23 Å². The first-order chi connectivity index (χ1) is 11.3. The standard InChI is InChI=1S/C21H25F3O/c1-19(2,3)15-9-7-14(8-10-15)17-12-11-16(20(4,5)6)13-18(17)25-21(22,23)24/h7-13H,1-6H3. The maximum Gasteiger partial charge on any atom is 0.573 e. The Balaban J connectivity index is 2.52. The molecule has 0 heterocycles. The summed E-state index contributed by atoms with van der Waals surface area (Å²) in [6.07, 6.45) is -4.73. The van der Waals surface area contributed by atoms with E-state index in [0.29, 0.717) is 11.1 Å². The lowest BCUT2D eigenvalue weighted by Gasteiger charge is -2.23. The smallest absolute Gasteiger partial charge is 0.405 e. The lowest BCUT2D eigenvalue weighted by molar-refractivity contribution is -0.274. The molecule has 0 aliphatic rings. The molecule has 0 fully saturated rings. The van der Waals surface area contributed by atoms with Crippen LogP contribution >= 0.6 is 0 Å². The van der Waals surface area contributed by atoms with Gasteiger partial charge in [0.05, 0.1) is 0 Å². The van der Waals surface area contributed by atoms with Gasteiger partial charge in [0.15, 0.2) is 0 Å². The van der Waals surface area contributed by atoms with Crippen LogP contribution in [0.2, 0.25) is 0 Å². The number of hydrogen-bond donors (Lipinski definition) is 0. The summed E-state index contributed by atoms with van der Waals surface area (Å²) in [4.78, 5) is 0. The van der Waals surface area contributed by atoms with Crippen molar-refractivity contribution in [1.29, 1.82) is 0 Å². The molecule has 0 aliphatic carbocycles. The van der Waals surface area contributed by atoms with Crippen LogP contribution in [0.4, 0.5) is 13.2 Å². The van der Waals surface area contributed by atoms with Gasteiger partial charge in [0, 0.05) is 5.56 Å². The summed E-state index contributed by atoms with van der Waals surface area (Å²) in [7, 11) is 0. The van der Waals surface area contributed by atoms with E-state index in [0.717, 1.165) is 11.1 Å². The molecule has 0 atom stereocenters. The highest BCUT2D eigenvalue weighted by atomic mass is 19.4. The molecule has 0 saturated heterocycles. The van der Waals surface area contributed by atoms with E-state index in [1.165, 1.54) is 6.07 Å². The van der Waals surface area contributed by atoms with E-state index in [-0.39, 0.29) is 16.6 Å². The predicted molar refractivity (Wildman–Crippen MR) is 96.0 cm³/mol. The molecule has 2 aromatic carbocycles. The third kappa shape index (κ3) is 5.00. The Bertz CT molecular complexity index is 730. The Labute approximate surface area is 147 Å². The van der Waals surface area contributed by atoms with Gasteiger partial charge in [-0.2, -0.15) is 0 Å². The largest absolute Gasteiger partial charge is 0.573 e. The molecule has 1 nitrogen and oxygen atoms in total. The van der Waals surface area contributed by atoms with E-state index in [1.54, 1.807) is 6.07 Å². The minimum atomic E-state index is -4.73. The molecule has 2 rings (SSSR count). The SMILES string of the molecule is CC(C)(C)c1ccc(-c2ccc(C(C)(C)C)cc2OC(F)(F)F)cc1. The fourth-order valence-corrected chi connectivity index (χ4v) is 2.59. The van der Waals surface area contributed by atoms with Crippen molar-refractivity contribution in [2.45, 2.75) is 58.7 Å². The zero-order valence-corrected chi connectivity index (χ0v) is 15.6. The molecule has 0 bridgehead atoms. The van der Waals surface area contributed by atoms with Gasteiger partial charge in [0.1, 0.15) is 5.75 Å². The van der Waals surface area contributed by atoms with Gasteiger partial charge in [0.25, 0.3) is 0 Å². The molecule has 0 unspecified atom stereocenters. The van der Waals surface area contributed by atoms with Crippen LogP contribution < -0.4 is 4.74 Å². The van der Waals surface area contributed by atoms with Gasteiger partial charge < -0.3 is 4.74 Å². The van der Waals surface area contributed by atoms with Crippen molar-refractivity contribution < 1.29 is 17.9 Å². The molecule has 0 N–H and O–H groups in total. The quantitative estimate of drug-likeness (QED) is 0.575. The number of ether oxygens (including phenoxy) is 1. The average molecular weight is 350 g/mol. The van der Waals surface area contributed by atoms with Crippen molar-refractivity contribution in [3.05, 3.63) is 53.6 Å². The molecule has 0 saturated carbocycles. The maximum absolute atomic E-state index is 12.9. The Morgan fingerprint density at radius 3 is 1.60 bits per heavy atom. The predicted octanol–water partition coefficient (Wildman–Crippen LogP) is 6.85. The third-order valence-electron chi connectivity index (χ3n) is 4.14. The zero-order chi connectivity index (χ0) is 19.0. The van der Waals surface area contributed by atoms with Gasteiger partial charge in [-0.3, -0.25) is 0 Å². The van der Waals surface area contributed by atoms with Gasteiger partial charge >= 0.3 is 6.36 Å². The molecular formula is C21H25F3O. The number of rotatable bonds is 2. The van der Waals surface area contributed by atoms with Crippen molar-refractivity contribution in [2.24, 2.45) is 0 Å². The Hall–Kier alpha value is -1.97. The molecule has 4 heteroatoms. The van der Waals surface area contributed by atoms with E-state index in [9.17, 15) is 13.2 Å². The van der Waals surface area contributed by atoms with Crippen LogP contribution in [0.15, 0.2) is 42.5 Å². The van der Waals surface area contributed by atoms with Gasteiger partial charge in [-0.05, 0) is 33.6 Å². The van der Waals surface area contributed by atoms with Crippen molar-refractivity contribution in [1.82, 2.24) is 0 Å². The van der Waals surface area contributed by atoms with Crippen molar-refractivity contribution in [2.75, 3.05) is 0 Å². The normalized spacial score (nSPS) is 13.0. The number of benzene rings is 2. The summed E-state index contributed by atoms with van der Waals surface area (Å²) < 4.78 is 42.9. The lowest BCUT2D eigenvalue weighted by Crippen LogP contribution is -2.19. The lowest BCUT2D eigenvalue weighted by atomic mass is 9.84. The summed E-state index contributed by atoms with van der Waals surface area (Å²) in [6, 6.07) is 12.6. The van der Waals surface area contributed by atoms with Crippen LogP contribution in [0.3, 0.4) is 0 Å². The third-order valence-corrected chi connectivity index (χ3v) is 4.14. The average Bonchev–Trinajstić information content (AvgIpc) is 2.44. The molecular weight excluding hydrogens is 325 g/mol. The monoisotopic (exact) mass is 350 g/mol. The second kappa shape index (κ2) is 6.40. The Kier molecular flexibility index (Phi) is 4.95. The van der Waals surface area contributed by atoms with Crippen LogP contribution in [0.5, 0.6) is 5.75 Å². The highest BCUT2D eigenvalue weighted by molar-refractivity contribution is 5.71. The van der Waals surface area contributed by atoms with Gasteiger partial charge in [0.2, 0.25) is 0 Å². The van der Waals surface area contributed by atoms with Crippen LogP contribution in [-0.4, -0.2) is 6.36 Å². The molecule has 0 radical (unpaired) electrons. The van der Waals surface area contributed by atoms with Crippen molar-refractivity contribution in [3.8, 4) is 16.9 Å². The first-order valence-electron chi connectivity index (χ1n) is 8.28.